The lowest BCUT2D eigenvalue weighted by atomic mass is 10.1. The number of sulfonamides is 1. The van der Waals surface area contributed by atoms with Crippen molar-refractivity contribution in [3.05, 3.63) is 53.6 Å². The van der Waals surface area contributed by atoms with Gasteiger partial charge in [-0.1, -0.05) is 26.0 Å². The van der Waals surface area contributed by atoms with Crippen LogP contribution in [-0.2, 0) is 10.0 Å². The lowest BCUT2D eigenvalue weighted by molar-refractivity contribution is 0.598. The molecule has 1 aliphatic carbocycles. The van der Waals surface area contributed by atoms with Crippen molar-refractivity contribution in [3.8, 4) is 0 Å². The second-order valence-electron chi connectivity index (χ2n) is 6.09. The minimum atomic E-state index is -3.63. The van der Waals surface area contributed by atoms with Crippen molar-refractivity contribution in [2.45, 2.75) is 42.9 Å². The Balaban J connectivity index is 1.74. The largest absolute Gasteiger partial charge is 0.241 e. The first-order valence-corrected chi connectivity index (χ1v) is 8.85. The Bertz CT molecular complexity index is 768. The Labute approximate surface area is 130 Å². The molecule has 0 radical (unpaired) electrons. The van der Waals surface area contributed by atoms with Crippen molar-refractivity contribution in [2.75, 3.05) is 0 Å². The smallest absolute Gasteiger partial charge is 0.238 e. The number of aromatic nitrogens is 2. The maximum atomic E-state index is 11.3. The van der Waals surface area contributed by atoms with E-state index in [0.29, 0.717) is 17.8 Å². The minimum Gasteiger partial charge on any atom is -0.241 e. The van der Waals surface area contributed by atoms with E-state index in [9.17, 15) is 8.42 Å². The lowest BCUT2D eigenvalue weighted by Gasteiger charge is -2.05. The maximum absolute atomic E-state index is 11.3. The monoisotopic (exact) mass is 317 g/mol. The molecule has 0 unspecified atom stereocenters. The number of nitrogens with two attached hydrogens (primary N) is 1. The van der Waals surface area contributed by atoms with Gasteiger partial charge in [-0.05, 0) is 41.5 Å². The Morgan fingerprint density at radius 2 is 1.68 bits per heavy atom. The molecule has 6 heteroatoms. The van der Waals surface area contributed by atoms with Gasteiger partial charge < -0.3 is 0 Å². The van der Waals surface area contributed by atoms with Crippen LogP contribution in [-0.4, -0.2) is 18.4 Å². The van der Waals surface area contributed by atoms with Gasteiger partial charge in [-0.2, -0.15) is 0 Å². The fraction of sp³-hybridized carbons (Fsp3) is 0.375. The van der Waals surface area contributed by atoms with Crippen molar-refractivity contribution in [1.29, 1.82) is 0 Å². The van der Waals surface area contributed by atoms with Crippen LogP contribution in [0.1, 0.15) is 55.0 Å². The highest BCUT2D eigenvalue weighted by Crippen LogP contribution is 2.53. The van der Waals surface area contributed by atoms with Gasteiger partial charge in [-0.25, -0.2) is 23.5 Å². The quantitative estimate of drug-likeness (QED) is 0.938. The van der Waals surface area contributed by atoms with E-state index in [1.807, 2.05) is 24.5 Å². The van der Waals surface area contributed by atoms with Gasteiger partial charge in [0.25, 0.3) is 0 Å². The zero-order chi connectivity index (χ0) is 15.9. The van der Waals surface area contributed by atoms with Gasteiger partial charge in [0, 0.05) is 18.3 Å². The summed E-state index contributed by atoms with van der Waals surface area (Å²) in [6.45, 7) is 4.23. The first-order chi connectivity index (χ1) is 10.4. The third kappa shape index (κ3) is 3.03. The molecule has 0 spiro atoms. The second kappa shape index (κ2) is 5.44. The molecular weight excluding hydrogens is 298 g/mol. The average Bonchev–Trinajstić information content (AvgIpc) is 3.27. The average molecular weight is 317 g/mol. The van der Waals surface area contributed by atoms with E-state index in [-0.39, 0.29) is 4.90 Å². The molecule has 116 valence electrons. The molecule has 1 heterocycles. The van der Waals surface area contributed by atoms with Crippen LogP contribution in [0.3, 0.4) is 0 Å². The number of hydrogen-bond donors (Lipinski definition) is 1. The summed E-state index contributed by atoms with van der Waals surface area (Å²) in [5.74, 6) is 1.97. The van der Waals surface area contributed by atoms with Crippen LogP contribution in [0.2, 0.25) is 0 Å². The maximum Gasteiger partial charge on any atom is 0.238 e. The normalized spacial score (nSPS) is 21.1. The molecule has 0 saturated heterocycles. The molecule has 1 fully saturated rings. The van der Waals surface area contributed by atoms with Gasteiger partial charge in [0.1, 0.15) is 5.82 Å². The van der Waals surface area contributed by atoms with Crippen LogP contribution < -0.4 is 5.14 Å². The molecule has 2 atom stereocenters. The summed E-state index contributed by atoms with van der Waals surface area (Å²) in [5, 5.41) is 5.11. The summed E-state index contributed by atoms with van der Waals surface area (Å²) in [6.07, 6.45) is 4.79. The first kappa shape index (κ1) is 15.1. The lowest BCUT2D eigenvalue weighted by Crippen LogP contribution is -2.11. The number of rotatable bonds is 4. The molecule has 0 bridgehead atoms. The third-order valence-electron chi connectivity index (χ3n) is 4.12. The number of hydrogen-bond acceptors (Lipinski definition) is 4. The Hall–Kier alpha value is -1.79. The molecule has 2 aromatic rings. The van der Waals surface area contributed by atoms with E-state index in [4.69, 9.17) is 5.14 Å². The summed E-state index contributed by atoms with van der Waals surface area (Å²) in [4.78, 5) is 9.08. The van der Waals surface area contributed by atoms with Crippen LogP contribution >= 0.6 is 0 Å². The van der Waals surface area contributed by atoms with Crippen LogP contribution in [0, 0.1) is 0 Å². The van der Waals surface area contributed by atoms with Gasteiger partial charge in [0.2, 0.25) is 10.0 Å². The molecule has 1 aliphatic rings. The van der Waals surface area contributed by atoms with Gasteiger partial charge in [0.05, 0.1) is 4.90 Å². The molecule has 2 N–H and O–H groups in total. The highest BCUT2D eigenvalue weighted by atomic mass is 32.2. The third-order valence-corrected chi connectivity index (χ3v) is 5.05. The molecule has 0 aliphatic heterocycles. The zero-order valence-corrected chi connectivity index (χ0v) is 13.4. The van der Waals surface area contributed by atoms with Gasteiger partial charge >= 0.3 is 0 Å². The van der Waals surface area contributed by atoms with E-state index < -0.39 is 10.0 Å². The summed E-state index contributed by atoms with van der Waals surface area (Å²) in [7, 11) is -3.63. The van der Waals surface area contributed by atoms with Gasteiger partial charge in [0.15, 0.2) is 0 Å². The van der Waals surface area contributed by atoms with Crippen molar-refractivity contribution in [2.24, 2.45) is 5.14 Å². The van der Waals surface area contributed by atoms with Gasteiger partial charge in [-0.3, -0.25) is 0 Å². The van der Waals surface area contributed by atoms with Crippen LogP contribution in [0.25, 0.3) is 0 Å². The van der Waals surface area contributed by atoms with Crippen molar-refractivity contribution < 1.29 is 8.42 Å². The van der Waals surface area contributed by atoms with Gasteiger partial charge in [-0.15, -0.1) is 0 Å². The first-order valence-electron chi connectivity index (χ1n) is 7.31. The fourth-order valence-electron chi connectivity index (χ4n) is 2.59. The Kier molecular flexibility index (Phi) is 3.74. The van der Waals surface area contributed by atoms with Crippen LogP contribution in [0.4, 0.5) is 0 Å². The van der Waals surface area contributed by atoms with Crippen LogP contribution in [0.5, 0.6) is 0 Å². The van der Waals surface area contributed by atoms with Crippen molar-refractivity contribution >= 4 is 10.0 Å². The minimum absolute atomic E-state index is 0.144. The summed E-state index contributed by atoms with van der Waals surface area (Å²) in [6, 6.07) is 6.77. The standard InChI is InChI=1S/C16H19N3O2S/c1-10(2)12-8-18-16(19-9-12)15-7-14(15)11-3-5-13(6-4-11)22(17,20)21/h3-6,8-10,14-15H,7H2,1-2H3,(H2,17,20,21)/t14-,15+/m0/s1. The van der Waals surface area contributed by atoms with E-state index in [1.165, 1.54) is 0 Å². The summed E-state index contributed by atoms with van der Waals surface area (Å²) >= 11 is 0. The molecule has 1 aromatic carbocycles. The number of primary sulfonamides is 1. The van der Waals surface area contributed by atoms with E-state index in [1.54, 1.807) is 12.1 Å². The molecule has 0 amide bonds. The highest BCUT2D eigenvalue weighted by Gasteiger charge is 2.41. The number of benzene rings is 1. The predicted molar refractivity (Wildman–Crippen MR) is 84.0 cm³/mol. The summed E-state index contributed by atoms with van der Waals surface area (Å²) < 4.78 is 22.5. The van der Waals surface area contributed by atoms with E-state index in [2.05, 4.69) is 23.8 Å². The van der Waals surface area contributed by atoms with Crippen LogP contribution in [0.15, 0.2) is 41.6 Å². The second-order valence-corrected chi connectivity index (χ2v) is 7.65. The molecule has 22 heavy (non-hydrogen) atoms. The molecular formula is C16H19N3O2S. The number of nitrogens with zero attached hydrogens (tertiary/aromatic N) is 2. The highest BCUT2D eigenvalue weighted by molar-refractivity contribution is 7.89. The van der Waals surface area contributed by atoms with E-state index in [0.717, 1.165) is 23.4 Å². The van der Waals surface area contributed by atoms with E-state index >= 15 is 0 Å². The molecule has 3 rings (SSSR count). The predicted octanol–water partition coefficient (Wildman–Crippen LogP) is 2.52. The topological polar surface area (TPSA) is 85.9 Å². The SMILES string of the molecule is CC(C)c1cnc([C@@H]2C[C@H]2c2ccc(S(N)(=O)=O)cc2)nc1. The van der Waals surface area contributed by atoms with Crippen molar-refractivity contribution in [3.63, 3.8) is 0 Å². The Morgan fingerprint density at radius 1 is 1.09 bits per heavy atom. The van der Waals surface area contributed by atoms with Crippen molar-refractivity contribution in [1.82, 2.24) is 9.97 Å². The molecule has 1 aromatic heterocycles. The Morgan fingerprint density at radius 3 is 2.18 bits per heavy atom. The molecule has 1 saturated carbocycles. The summed E-state index contributed by atoms with van der Waals surface area (Å²) in [5.41, 5.74) is 2.24. The zero-order valence-electron chi connectivity index (χ0n) is 12.6. The molecule has 5 nitrogen and oxygen atoms in total. The fourth-order valence-corrected chi connectivity index (χ4v) is 3.11.